The summed E-state index contributed by atoms with van der Waals surface area (Å²) in [7, 11) is 0. The molecule has 3 rings (SSSR count). The Morgan fingerprint density at radius 3 is 2.13 bits per heavy atom. The first-order chi connectivity index (χ1) is 11.3. The Kier molecular flexibility index (Phi) is 4.38. The average molecular weight is 306 g/mol. The summed E-state index contributed by atoms with van der Waals surface area (Å²) in [6, 6.07) is 17.9. The highest BCUT2D eigenvalue weighted by Crippen LogP contribution is 2.25. The highest BCUT2D eigenvalue weighted by molar-refractivity contribution is 5.69. The van der Waals surface area contributed by atoms with Crippen LogP contribution in [0, 0.1) is 5.82 Å². The van der Waals surface area contributed by atoms with Crippen molar-refractivity contribution < 1.29 is 4.39 Å². The number of hydrazone groups is 1. The van der Waals surface area contributed by atoms with Crippen molar-refractivity contribution in [3.05, 3.63) is 66.5 Å². The van der Waals surface area contributed by atoms with Crippen LogP contribution >= 0.6 is 0 Å². The van der Waals surface area contributed by atoms with Crippen LogP contribution in [0.4, 0.5) is 10.3 Å². The Hall–Kier alpha value is -3.08. The lowest BCUT2D eigenvalue weighted by atomic mass is 10.1. The molecule has 4 nitrogen and oxygen atoms in total. The van der Waals surface area contributed by atoms with E-state index in [4.69, 9.17) is 0 Å². The summed E-state index contributed by atoms with van der Waals surface area (Å²) >= 11 is 0. The zero-order valence-corrected chi connectivity index (χ0v) is 12.6. The standard InChI is InChI=1S/C18H15FN4/c1-2-20-23-18-21-16(13-6-4-3-5-7-13)12-17(22-18)14-8-10-15(19)11-9-14/h2-12H,1H3,(H,21,22,23). The maximum atomic E-state index is 13.1. The van der Waals surface area contributed by atoms with Gasteiger partial charge in [-0.2, -0.15) is 5.10 Å². The molecule has 0 aliphatic rings. The second kappa shape index (κ2) is 6.79. The van der Waals surface area contributed by atoms with Gasteiger partial charge in [0.1, 0.15) is 5.82 Å². The van der Waals surface area contributed by atoms with Gasteiger partial charge in [0.05, 0.1) is 11.4 Å². The van der Waals surface area contributed by atoms with Gasteiger partial charge < -0.3 is 0 Å². The Labute approximate surface area is 133 Å². The largest absolute Gasteiger partial charge is 0.245 e. The molecule has 0 saturated heterocycles. The minimum Gasteiger partial charge on any atom is -0.245 e. The summed E-state index contributed by atoms with van der Waals surface area (Å²) in [5.41, 5.74) is 6.06. The molecule has 0 radical (unpaired) electrons. The maximum Gasteiger partial charge on any atom is 0.244 e. The minimum absolute atomic E-state index is 0.278. The number of hydrogen-bond donors (Lipinski definition) is 1. The second-order valence-corrected chi connectivity index (χ2v) is 4.83. The zero-order chi connectivity index (χ0) is 16.1. The molecule has 23 heavy (non-hydrogen) atoms. The molecule has 0 fully saturated rings. The number of benzene rings is 2. The second-order valence-electron chi connectivity index (χ2n) is 4.83. The van der Waals surface area contributed by atoms with E-state index in [1.54, 1.807) is 25.3 Å². The lowest BCUT2D eigenvalue weighted by Gasteiger charge is -2.08. The fraction of sp³-hybridized carbons (Fsp3) is 0.0556. The minimum atomic E-state index is -0.278. The fourth-order valence-electron chi connectivity index (χ4n) is 2.14. The molecule has 5 heteroatoms. The molecule has 0 aliphatic heterocycles. The van der Waals surface area contributed by atoms with E-state index < -0.39 is 0 Å². The third-order valence-corrected chi connectivity index (χ3v) is 3.23. The van der Waals surface area contributed by atoms with E-state index in [2.05, 4.69) is 20.5 Å². The number of nitrogens with one attached hydrogen (secondary N) is 1. The van der Waals surface area contributed by atoms with Crippen molar-refractivity contribution in [1.82, 2.24) is 9.97 Å². The molecule has 0 saturated carbocycles. The number of hydrogen-bond acceptors (Lipinski definition) is 4. The first-order valence-corrected chi connectivity index (χ1v) is 7.20. The number of halogens is 1. The number of aromatic nitrogens is 2. The molecule has 1 N–H and O–H groups in total. The van der Waals surface area contributed by atoms with Crippen molar-refractivity contribution in [3.63, 3.8) is 0 Å². The van der Waals surface area contributed by atoms with Crippen LogP contribution in [-0.2, 0) is 0 Å². The van der Waals surface area contributed by atoms with Crippen LogP contribution in [0.2, 0.25) is 0 Å². The van der Waals surface area contributed by atoms with Crippen LogP contribution in [0.1, 0.15) is 6.92 Å². The Bertz CT molecular complexity index is 814. The molecular formula is C18H15FN4. The van der Waals surface area contributed by atoms with Gasteiger partial charge in [-0.05, 0) is 37.3 Å². The molecule has 114 valence electrons. The predicted octanol–water partition coefficient (Wildman–Crippen LogP) is 4.37. The van der Waals surface area contributed by atoms with Crippen LogP contribution in [0.3, 0.4) is 0 Å². The van der Waals surface area contributed by atoms with Crippen molar-refractivity contribution in [2.24, 2.45) is 5.10 Å². The maximum absolute atomic E-state index is 13.1. The van der Waals surface area contributed by atoms with Crippen LogP contribution in [0.15, 0.2) is 65.8 Å². The molecule has 1 aromatic heterocycles. The van der Waals surface area contributed by atoms with Crippen molar-refractivity contribution in [2.75, 3.05) is 5.43 Å². The van der Waals surface area contributed by atoms with Gasteiger partial charge in [0.2, 0.25) is 5.95 Å². The van der Waals surface area contributed by atoms with Crippen LogP contribution < -0.4 is 5.43 Å². The number of rotatable bonds is 4. The molecule has 0 amide bonds. The molecule has 3 aromatic rings. The van der Waals surface area contributed by atoms with Crippen molar-refractivity contribution in [3.8, 4) is 22.5 Å². The van der Waals surface area contributed by atoms with E-state index in [9.17, 15) is 4.39 Å². The molecule has 2 aromatic carbocycles. The van der Waals surface area contributed by atoms with Crippen LogP contribution in [0.5, 0.6) is 0 Å². The average Bonchev–Trinajstić information content (AvgIpc) is 2.61. The highest BCUT2D eigenvalue weighted by atomic mass is 19.1. The molecule has 0 aliphatic carbocycles. The normalized spacial score (nSPS) is 10.9. The molecule has 0 unspecified atom stereocenters. The van der Waals surface area contributed by atoms with E-state index in [1.165, 1.54) is 12.1 Å². The first kappa shape index (κ1) is 14.8. The molecule has 0 atom stereocenters. The highest BCUT2D eigenvalue weighted by Gasteiger charge is 2.08. The van der Waals surface area contributed by atoms with E-state index in [1.807, 2.05) is 36.4 Å². The first-order valence-electron chi connectivity index (χ1n) is 7.20. The third kappa shape index (κ3) is 3.58. The summed E-state index contributed by atoms with van der Waals surface area (Å²) in [5, 5.41) is 3.97. The third-order valence-electron chi connectivity index (χ3n) is 3.23. The van der Waals surface area contributed by atoms with Gasteiger partial charge in [-0.3, -0.25) is 0 Å². The molecular weight excluding hydrogens is 291 g/mol. The van der Waals surface area contributed by atoms with Gasteiger partial charge >= 0.3 is 0 Å². The number of anilines is 1. The summed E-state index contributed by atoms with van der Waals surface area (Å²) < 4.78 is 13.1. The number of nitrogens with zero attached hydrogens (tertiary/aromatic N) is 3. The SMILES string of the molecule is CC=NNc1nc(-c2ccccc2)cc(-c2ccc(F)cc2)n1. The van der Waals surface area contributed by atoms with Crippen molar-refractivity contribution in [1.29, 1.82) is 0 Å². The van der Waals surface area contributed by atoms with E-state index >= 15 is 0 Å². The fourth-order valence-corrected chi connectivity index (χ4v) is 2.14. The predicted molar refractivity (Wildman–Crippen MR) is 90.7 cm³/mol. The van der Waals surface area contributed by atoms with Gasteiger partial charge in [-0.25, -0.2) is 19.8 Å². The van der Waals surface area contributed by atoms with Crippen molar-refractivity contribution in [2.45, 2.75) is 6.92 Å². The van der Waals surface area contributed by atoms with Crippen molar-refractivity contribution >= 4 is 12.2 Å². The lowest BCUT2D eigenvalue weighted by Crippen LogP contribution is -1.99. The molecule has 0 spiro atoms. The Morgan fingerprint density at radius 2 is 1.52 bits per heavy atom. The summed E-state index contributed by atoms with van der Waals surface area (Å²) in [6.45, 7) is 1.80. The van der Waals surface area contributed by atoms with E-state index in [0.29, 0.717) is 11.6 Å². The Morgan fingerprint density at radius 1 is 0.913 bits per heavy atom. The molecule has 0 bridgehead atoms. The van der Waals surface area contributed by atoms with Gasteiger partial charge in [-0.15, -0.1) is 0 Å². The van der Waals surface area contributed by atoms with Gasteiger partial charge in [0.25, 0.3) is 0 Å². The monoisotopic (exact) mass is 306 g/mol. The lowest BCUT2D eigenvalue weighted by molar-refractivity contribution is 0.628. The Balaban J connectivity index is 2.09. The smallest absolute Gasteiger partial charge is 0.244 e. The zero-order valence-electron chi connectivity index (χ0n) is 12.6. The van der Waals surface area contributed by atoms with Crippen LogP contribution in [0.25, 0.3) is 22.5 Å². The van der Waals surface area contributed by atoms with Crippen LogP contribution in [-0.4, -0.2) is 16.2 Å². The summed E-state index contributed by atoms with van der Waals surface area (Å²) in [4.78, 5) is 8.91. The molecule has 1 heterocycles. The summed E-state index contributed by atoms with van der Waals surface area (Å²) in [6.07, 6.45) is 1.62. The summed E-state index contributed by atoms with van der Waals surface area (Å²) in [5.74, 6) is 0.115. The van der Waals surface area contributed by atoms with E-state index in [0.717, 1.165) is 16.8 Å². The van der Waals surface area contributed by atoms with E-state index in [-0.39, 0.29) is 5.82 Å². The van der Waals surface area contributed by atoms with Gasteiger partial charge in [0.15, 0.2) is 0 Å². The quantitative estimate of drug-likeness (QED) is 0.575. The topological polar surface area (TPSA) is 50.2 Å². The van der Waals surface area contributed by atoms with Gasteiger partial charge in [-0.1, -0.05) is 30.3 Å². The van der Waals surface area contributed by atoms with Gasteiger partial charge in [0, 0.05) is 17.3 Å².